The maximum atomic E-state index is 6.41. The Morgan fingerprint density at radius 2 is 1.88 bits per heavy atom. The summed E-state index contributed by atoms with van der Waals surface area (Å²) in [6, 6.07) is 0.512. The van der Waals surface area contributed by atoms with Crippen molar-refractivity contribution < 1.29 is 0 Å². The summed E-state index contributed by atoms with van der Waals surface area (Å²) in [7, 11) is 0. The molecule has 2 aliphatic carbocycles. The first-order valence-corrected chi connectivity index (χ1v) is 7.96. The van der Waals surface area contributed by atoms with Crippen LogP contribution in [0.25, 0.3) is 0 Å². The van der Waals surface area contributed by atoms with E-state index >= 15 is 0 Å². The third-order valence-electron chi connectivity index (χ3n) is 5.34. The normalized spacial score (nSPS) is 43.6. The molecule has 0 spiro atoms. The van der Waals surface area contributed by atoms with E-state index in [4.69, 9.17) is 5.73 Å². The van der Waals surface area contributed by atoms with Crippen LogP contribution < -0.4 is 5.73 Å². The van der Waals surface area contributed by atoms with E-state index in [1.54, 1.807) is 0 Å². The van der Waals surface area contributed by atoms with Crippen LogP contribution in [-0.2, 0) is 0 Å². The monoisotopic (exact) mass is 237 g/mol. The van der Waals surface area contributed by atoms with Crippen LogP contribution in [0.2, 0.25) is 0 Å². The van der Waals surface area contributed by atoms with Crippen LogP contribution in [0.1, 0.15) is 71.6 Å². The van der Waals surface area contributed by atoms with Crippen LogP contribution in [0.15, 0.2) is 0 Å². The fourth-order valence-electron chi connectivity index (χ4n) is 4.40. The van der Waals surface area contributed by atoms with Gasteiger partial charge in [-0.15, -0.1) is 0 Å². The molecule has 0 bridgehead atoms. The van der Waals surface area contributed by atoms with Gasteiger partial charge in [-0.1, -0.05) is 46.0 Å². The molecule has 17 heavy (non-hydrogen) atoms. The predicted molar refractivity (Wildman–Crippen MR) is 74.8 cm³/mol. The molecule has 2 N–H and O–H groups in total. The number of hydrogen-bond donors (Lipinski definition) is 1. The van der Waals surface area contributed by atoms with Gasteiger partial charge in [0.1, 0.15) is 0 Å². The number of nitrogens with two attached hydrogens (primary N) is 1. The second-order valence-corrected chi connectivity index (χ2v) is 6.83. The van der Waals surface area contributed by atoms with Crippen LogP contribution in [0.4, 0.5) is 0 Å². The topological polar surface area (TPSA) is 26.0 Å². The molecule has 1 nitrogen and oxygen atoms in total. The highest BCUT2D eigenvalue weighted by atomic mass is 14.7. The van der Waals surface area contributed by atoms with Crippen molar-refractivity contribution in [2.24, 2.45) is 29.4 Å². The third kappa shape index (κ3) is 3.47. The van der Waals surface area contributed by atoms with Crippen molar-refractivity contribution in [1.82, 2.24) is 0 Å². The van der Waals surface area contributed by atoms with Crippen LogP contribution in [0.3, 0.4) is 0 Å². The Hall–Kier alpha value is -0.0400. The van der Waals surface area contributed by atoms with Crippen molar-refractivity contribution in [2.75, 3.05) is 0 Å². The Labute approximate surface area is 108 Å². The molecule has 2 saturated carbocycles. The van der Waals surface area contributed by atoms with Crippen LogP contribution in [0, 0.1) is 23.7 Å². The lowest BCUT2D eigenvalue weighted by Crippen LogP contribution is -2.41. The summed E-state index contributed by atoms with van der Waals surface area (Å²) in [5.41, 5.74) is 6.41. The van der Waals surface area contributed by atoms with E-state index in [1.165, 1.54) is 57.8 Å². The molecule has 0 heterocycles. The van der Waals surface area contributed by atoms with Gasteiger partial charge in [-0.2, -0.15) is 0 Å². The predicted octanol–water partition coefficient (Wildman–Crippen LogP) is 4.36. The average Bonchev–Trinajstić information content (AvgIpc) is 2.32. The van der Waals surface area contributed by atoms with E-state index in [0.29, 0.717) is 6.04 Å². The first kappa shape index (κ1) is 13.4. The van der Waals surface area contributed by atoms with Crippen molar-refractivity contribution in [3.05, 3.63) is 0 Å². The van der Waals surface area contributed by atoms with Crippen molar-refractivity contribution in [3.8, 4) is 0 Å². The minimum absolute atomic E-state index is 0.512. The highest BCUT2D eigenvalue weighted by molar-refractivity contribution is 4.88. The van der Waals surface area contributed by atoms with Gasteiger partial charge in [0.05, 0.1) is 0 Å². The van der Waals surface area contributed by atoms with E-state index in [0.717, 1.165) is 23.7 Å². The molecule has 0 aliphatic heterocycles. The molecule has 0 aromatic rings. The zero-order valence-electron chi connectivity index (χ0n) is 11.8. The van der Waals surface area contributed by atoms with Crippen molar-refractivity contribution in [2.45, 2.75) is 77.7 Å². The Morgan fingerprint density at radius 1 is 1.06 bits per heavy atom. The maximum absolute atomic E-state index is 6.41. The Balaban J connectivity index is 1.92. The van der Waals surface area contributed by atoms with Crippen LogP contribution in [0.5, 0.6) is 0 Å². The van der Waals surface area contributed by atoms with Gasteiger partial charge in [-0.3, -0.25) is 0 Å². The SMILES string of the molecule is CCCC1CCC(N)C(C2CCCC(C)C2)C1. The number of hydrogen-bond acceptors (Lipinski definition) is 1. The molecule has 2 rings (SSSR count). The minimum Gasteiger partial charge on any atom is -0.327 e. The largest absolute Gasteiger partial charge is 0.327 e. The minimum atomic E-state index is 0.512. The van der Waals surface area contributed by atoms with E-state index in [9.17, 15) is 0 Å². The molecular weight excluding hydrogens is 206 g/mol. The summed E-state index contributed by atoms with van der Waals surface area (Å²) in [5.74, 6) is 3.74. The molecule has 5 atom stereocenters. The maximum Gasteiger partial charge on any atom is 0.00700 e. The smallest absolute Gasteiger partial charge is 0.00700 e. The van der Waals surface area contributed by atoms with Gasteiger partial charge in [0, 0.05) is 6.04 Å². The Morgan fingerprint density at radius 3 is 2.59 bits per heavy atom. The molecule has 0 aromatic heterocycles. The quantitative estimate of drug-likeness (QED) is 0.775. The average molecular weight is 237 g/mol. The molecule has 0 amide bonds. The van der Waals surface area contributed by atoms with Crippen molar-refractivity contribution >= 4 is 0 Å². The first-order chi connectivity index (χ1) is 8.20. The van der Waals surface area contributed by atoms with E-state index in [1.807, 2.05) is 0 Å². The molecule has 0 aromatic carbocycles. The molecular formula is C16H31N. The van der Waals surface area contributed by atoms with Gasteiger partial charge in [-0.25, -0.2) is 0 Å². The lowest BCUT2D eigenvalue weighted by atomic mass is 9.66. The second-order valence-electron chi connectivity index (χ2n) is 6.83. The first-order valence-electron chi connectivity index (χ1n) is 7.96. The summed E-state index contributed by atoms with van der Waals surface area (Å²) < 4.78 is 0. The van der Waals surface area contributed by atoms with E-state index < -0.39 is 0 Å². The molecule has 100 valence electrons. The zero-order valence-corrected chi connectivity index (χ0v) is 11.8. The second kappa shape index (κ2) is 6.22. The van der Waals surface area contributed by atoms with Gasteiger partial charge in [0.15, 0.2) is 0 Å². The summed E-state index contributed by atoms with van der Waals surface area (Å²) in [4.78, 5) is 0. The van der Waals surface area contributed by atoms with Crippen molar-refractivity contribution in [3.63, 3.8) is 0 Å². The molecule has 2 fully saturated rings. The van der Waals surface area contributed by atoms with Gasteiger partial charge < -0.3 is 5.73 Å². The Kier molecular flexibility index (Phi) is 4.90. The molecule has 5 unspecified atom stereocenters. The van der Waals surface area contributed by atoms with Crippen LogP contribution >= 0.6 is 0 Å². The molecule has 2 aliphatic rings. The fraction of sp³-hybridized carbons (Fsp3) is 1.00. The summed E-state index contributed by atoms with van der Waals surface area (Å²) in [6.45, 7) is 4.76. The molecule has 0 saturated heterocycles. The van der Waals surface area contributed by atoms with Crippen LogP contribution in [-0.4, -0.2) is 6.04 Å². The van der Waals surface area contributed by atoms with Gasteiger partial charge in [0.25, 0.3) is 0 Å². The van der Waals surface area contributed by atoms with Gasteiger partial charge >= 0.3 is 0 Å². The number of rotatable bonds is 3. The van der Waals surface area contributed by atoms with Gasteiger partial charge in [0.2, 0.25) is 0 Å². The fourth-order valence-corrected chi connectivity index (χ4v) is 4.40. The summed E-state index contributed by atoms with van der Waals surface area (Å²) >= 11 is 0. The highest BCUT2D eigenvalue weighted by Gasteiger charge is 2.35. The standard InChI is InChI=1S/C16H31N/c1-3-5-13-8-9-16(17)15(11-13)14-7-4-6-12(2)10-14/h12-16H,3-11,17H2,1-2H3. The van der Waals surface area contributed by atoms with E-state index in [-0.39, 0.29) is 0 Å². The van der Waals surface area contributed by atoms with E-state index in [2.05, 4.69) is 13.8 Å². The van der Waals surface area contributed by atoms with Crippen molar-refractivity contribution in [1.29, 1.82) is 0 Å². The zero-order chi connectivity index (χ0) is 12.3. The molecule has 0 radical (unpaired) electrons. The lowest BCUT2D eigenvalue weighted by Gasteiger charge is -2.41. The van der Waals surface area contributed by atoms with Gasteiger partial charge in [-0.05, 0) is 49.4 Å². The highest BCUT2D eigenvalue weighted by Crippen LogP contribution is 2.42. The summed E-state index contributed by atoms with van der Waals surface area (Å²) in [5, 5.41) is 0. The molecule has 1 heteroatoms. The third-order valence-corrected chi connectivity index (χ3v) is 5.34. The lowest BCUT2D eigenvalue weighted by molar-refractivity contribution is 0.115. The Bertz CT molecular complexity index is 226. The summed E-state index contributed by atoms with van der Waals surface area (Å²) in [6.07, 6.45) is 12.7.